The fourth-order valence-corrected chi connectivity index (χ4v) is 0.653. The number of carboxylic acids is 2. The van der Waals surface area contributed by atoms with Crippen LogP contribution in [0.25, 0.3) is 0 Å². The number of aromatic nitrogens is 2. The quantitative estimate of drug-likeness (QED) is 0.229. The zero-order valence-corrected chi connectivity index (χ0v) is 9.57. The van der Waals surface area contributed by atoms with E-state index in [1.807, 2.05) is 6.92 Å². The summed E-state index contributed by atoms with van der Waals surface area (Å²) in [6.45, 7) is 2.68. The molecular formula is C9H13N5O4. The van der Waals surface area contributed by atoms with E-state index in [0.29, 0.717) is 11.5 Å². The van der Waals surface area contributed by atoms with Crippen LogP contribution in [0.2, 0.25) is 0 Å². The van der Waals surface area contributed by atoms with Crippen LogP contribution in [0.1, 0.15) is 12.6 Å². The van der Waals surface area contributed by atoms with Crippen molar-refractivity contribution >= 4 is 17.8 Å². The number of aliphatic carboxylic acids is 2. The smallest absolute Gasteiger partial charge is 0.414 e. The van der Waals surface area contributed by atoms with Gasteiger partial charge in [-0.15, -0.1) is 0 Å². The van der Waals surface area contributed by atoms with E-state index in [1.54, 1.807) is 18.6 Å². The summed E-state index contributed by atoms with van der Waals surface area (Å²) in [5, 5.41) is 18.6. The van der Waals surface area contributed by atoms with Crippen LogP contribution in [0.4, 0.5) is 0 Å². The molecule has 98 valence electrons. The number of amidine groups is 1. The van der Waals surface area contributed by atoms with Gasteiger partial charge in [-0.25, -0.2) is 14.6 Å². The first kappa shape index (κ1) is 15.3. The minimum Gasteiger partial charge on any atom is -0.473 e. The Balaban J connectivity index is 0.000000411. The van der Waals surface area contributed by atoms with E-state index < -0.39 is 11.9 Å². The molecule has 0 amide bonds. The van der Waals surface area contributed by atoms with Crippen molar-refractivity contribution in [3.63, 3.8) is 0 Å². The van der Waals surface area contributed by atoms with E-state index in [1.165, 1.54) is 0 Å². The molecule has 1 aromatic rings. The lowest BCUT2D eigenvalue weighted by Gasteiger charge is -1.98. The number of hydrazone groups is 1. The molecule has 5 N–H and O–H groups in total. The standard InChI is InChI=1S/C7H11N5.C2H2O4/c1-2-11-12-7(8)6-5-9-3-4-10-6;3-1(4)2(5)6/h3-5,11H,2H2,1H3,(H2,8,12);(H,3,4)(H,5,6). The molecule has 1 aromatic heterocycles. The third-order valence-corrected chi connectivity index (χ3v) is 1.37. The molecule has 9 heteroatoms. The average molecular weight is 255 g/mol. The molecule has 9 nitrogen and oxygen atoms in total. The molecule has 0 aliphatic rings. The fraction of sp³-hybridized carbons (Fsp3) is 0.222. The van der Waals surface area contributed by atoms with Crippen LogP contribution in [-0.4, -0.2) is 44.5 Å². The first-order valence-corrected chi connectivity index (χ1v) is 4.77. The summed E-state index contributed by atoms with van der Waals surface area (Å²) in [4.78, 5) is 26.0. The highest BCUT2D eigenvalue weighted by Crippen LogP contribution is 1.87. The van der Waals surface area contributed by atoms with Crippen molar-refractivity contribution in [1.82, 2.24) is 15.4 Å². The summed E-state index contributed by atoms with van der Waals surface area (Å²) >= 11 is 0. The largest absolute Gasteiger partial charge is 0.473 e. The Morgan fingerprint density at radius 2 is 2.00 bits per heavy atom. The van der Waals surface area contributed by atoms with E-state index >= 15 is 0 Å². The average Bonchev–Trinajstić information content (AvgIpc) is 2.37. The van der Waals surface area contributed by atoms with Crippen LogP contribution in [0.3, 0.4) is 0 Å². The molecule has 0 spiro atoms. The topological polar surface area (TPSA) is 151 Å². The maximum Gasteiger partial charge on any atom is 0.414 e. The van der Waals surface area contributed by atoms with Crippen LogP contribution in [0.15, 0.2) is 23.7 Å². The third kappa shape index (κ3) is 6.71. The summed E-state index contributed by atoms with van der Waals surface area (Å²) in [5.41, 5.74) is 8.89. The number of nitrogens with zero attached hydrogens (tertiary/aromatic N) is 3. The van der Waals surface area contributed by atoms with Crippen LogP contribution in [0.5, 0.6) is 0 Å². The molecule has 0 aliphatic carbocycles. The molecule has 0 atom stereocenters. The lowest BCUT2D eigenvalue weighted by molar-refractivity contribution is -0.159. The van der Waals surface area contributed by atoms with Gasteiger partial charge in [0.15, 0.2) is 5.84 Å². The number of carbonyl (C=O) groups is 2. The highest BCUT2D eigenvalue weighted by Gasteiger charge is 2.04. The van der Waals surface area contributed by atoms with Crippen molar-refractivity contribution < 1.29 is 19.8 Å². The number of nitrogens with one attached hydrogen (secondary N) is 1. The van der Waals surface area contributed by atoms with Crippen molar-refractivity contribution in [2.45, 2.75) is 6.92 Å². The zero-order valence-electron chi connectivity index (χ0n) is 9.57. The van der Waals surface area contributed by atoms with E-state index in [4.69, 9.17) is 25.5 Å². The SMILES string of the molecule is CCNN=C(N)c1cnccn1.O=C(O)C(=O)O. The highest BCUT2D eigenvalue weighted by atomic mass is 16.4. The van der Waals surface area contributed by atoms with E-state index in [0.717, 1.165) is 6.54 Å². The molecule has 0 saturated carbocycles. The molecule has 18 heavy (non-hydrogen) atoms. The lowest BCUT2D eigenvalue weighted by Crippen LogP contribution is -2.20. The molecule has 0 aromatic carbocycles. The Labute approximate surface area is 102 Å². The van der Waals surface area contributed by atoms with Gasteiger partial charge in [-0.3, -0.25) is 4.98 Å². The van der Waals surface area contributed by atoms with Crippen LogP contribution in [0, 0.1) is 0 Å². The fourth-order valence-electron chi connectivity index (χ4n) is 0.653. The normalized spacial score (nSPS) is 9.94. The molecule has 0 aliphatic heterocycles. The minimum atomic E-state index is -1.82. The molecule has 0 saturated heterocycles. The van der Waals surface area contributed by atoms with Gasteiger partial charge in [0.05, 0.1) is 6.20 Å². The second-order valence-corrected chi connectivity index (χ2v) is 2.71. The predicted molar refractivity (Wildman–Crippen MR) is 61.7 cm³/mol. The number of carboxylic acid groups (broad SMARTS) is 2. The first-order chi connectivity index (χ1) is 8.49. The summed E-state index contributed by atoms with van der Waals surface area (Å²) in [7, 11) is 0. The monoisotopic (exact) mass is 255 g/mol. The minimum absolute atomic E-state index is 0.352. The second kappa shape index (κ2) is 8.44. The van der Waals surface area contributed by atoms with Gasteiger partial charge in [-0.2, -0.15) is 5.10 Å². The van der Waals surface area contributed by atoms with E-state index in [2.05, 4.69) is 20.5 Å². The number of hydrogen-bond acceptors (Lipinski definition) is 6. The van der Waals surface area contributed by atoms with Gasteiger partial charge < -0.3 is 21.4 Å². The van der Waals surface area contributed by atoms with Gasteiger partial charge >= 0.3 is 11.9 Å². The summed E-state index contributed by atoms with van der Waals surface area (Å²) in [5.74, 6) is -3.30. The van der Waals surface area contributed by atoms with E-state index in [-0.39, 0.29) is 0 Å². The summed E-state index contributed by atoms with van der Waals surface area (Å²) in [6.07, 6.45) is 4.73. The predicted octanol–water partition coefficient (Wildman–Crippen LogP) is -1.14. The maximum atomic E-state index is 9.10. The van der Waals surface area contributed by atoms with Gasteiger partial charge in [0.1, 0.15) is 5.69 Å². The molecule has 0 unspecified atom stereocenters. The van der Waals surface area contributed by atoms with Crippen molar-refractivity contribution in [3.8, 4) is 0 Å². The number of rotatable bonds is 3. The molecule has 1 rings (SSSR count). The van der Waals surface area contributed by atoms with Crippen molar-refractivity contribution in [1.29, 1.82) is 0 Å². The number of nitrogens with two attached hydrogens (primary N) is 1. The maximum absolute atomic E-state index is 9.10. The van der Waals surface area contributed by atoms with Crippen molar-refractivity contribution in [3.05, 3.63) is 24.3 Å². The van der Waals surface area contributed by atoms with E-state index in [9.17, 15) is 0 Å². The molecule has 1 heterocycles. The second-order valence-electron chi connectivity index (χ2n) is 2.71. The van der Waals surface area contributed by atoms with Gasteiger partial charge in [-0.1, -0.05) is 0 Å². The van der Waals surface area contributed by atoms with Gasteiger partial charge in [0.25, 0.3) is 0 Å². The first-order valence-electron chi connectivity index (χ1n) is 4.77. The zero-order chi connectivity index (χ0) is 14.0. The Kier molecular flexibility index (Phi) is 7.17. The molecule has 0 radical (unpaired) electrons. The Morgan fingerprint density at radius 1 is 1.39 bits per heavy atom. The summed E-state index contributed by atoms with van der Waals surface area (Å²) in [6, 6.07) is 0. The molecular weight excluding hydrogens is 242 g/mol. The Bertz CT molecular complexity index is 408. The van der Waals surface area contributed by atoms with Gasteiger partial charge in [0, 0.05) is 18.9 Å². The van der Waals surface area contributed by atoms with Gasteiger partial charge in [0.2, 0.25) is 0 Å². The van der Waals surface area contributed by atoms with Crippen LogP contribution >= 0.6 is 0 Å². The Hall–Kier alpha value is -2.71. The van der Waals surface area contributed by atoms with Crippen LogP contribution < -0.4 is 11.2 Å². The van der Waals surface area contributed by atoms with Crippen molar-refractivity contribution in [2.75, 3.05) is 6.54 Å². The molecule has 0 bridgehead atoms. The highest BCUT2D eigenvalue weighted by molar-refractivity contribution is 6.27. The summed E-state index contributed by atoms with van der Waals surface area (Å²) < 4.78 is 0. The Morgan fingerprint density at radius 3 is 2.39 bits per heavy atom. The van der Waals surface area contributed by atoms with Crippen LogP contribution in [-0.2, 0) is 9.59 Å². The van der Waals surface area contributed by atoms with Crippen molar-refractivity contribution in [2.24, 2.45) is 10.8 Å². The molecule has 0 fully saturated rings. The lowest BCUT2D eigenvalue weighted by atomic mass is 10.4. The van der Waals surface area contributed by atoms with Gasteiger partial charge in [-0.05, 0) is 6.92 Å². The number of hydrogen-bond donors (Lipinski definition) is 4. The third-order valence-electron chi connectivity index (χ3n) is 1.37.